The molecule has 2 N–H and O–H groups in total. The van der Waals surface area contributed by atoms with Gasteiger partial charge in [0.2, 0.25) is 0 Å². The molecule has 148 valence electrons. The maximum atomic E-state index is 12.9. The number of carboxylic acids is 1. The molecule has 0 fully saturated rings. The molecule has 29 heavy (non-hydrogen) atoms. The zero-order valence-corrected chi connectivity index (χ0v) is 15.3. The first-order valence-electron chi connectivity index (χ1n) is 8.77. The van der Waals surface area contributed by atoms with Crippen LogP contribution < -0.4 is 14.8 Å². The van der Waals surface area contributed by atoms with Gasteiger partial charge in [0.1, 0.15) is 30.5 Å². The van der Waals surface area contributed by atoms with Crippen molar-refractivity contribution in [1.82, 2.24) is 0 Å². The molecule has 3 aromatic rings. The number of amides is 1. The van der Waals surface area contributed by atoms with Gasteiger partial charge in [-0.15, -0.1) is 0 Å². The highest BCUT2D eigenvalue weighted by atomic mass is 19.1. The van der Waals surface area contributed by atoms with Crippen molar-refractivity contribution < 1.29 is 28.6 Å². The number of hydrogen-bond acceptors (Lipinski definition) is 4. The van der Waals surface area contributed by atoms with Gasteiger partial charge in [0.25, 0.3) is 5.91 Å². The van der Waals surface area contributed by atoms with Crippen LogP contribution in [0.25, 0.3) is 0 Å². The van der Waals surface area contributed by atoms with Crippen LogP contribution in [0.2, 0.25) is 0 Å². The maximum Gasteiger partial charge on any atom is 0.335 e. The third-order valence-corrected chi connectivity index (χ3v) is 3.94. The first-order chi connectivity index (χ1) is 14.0. The van der Waals surface area contributed by atoms with Crippen molar-refractivity contribution in [3.63, 3.8) is 0 Å². The highest BCUT2D eigenvalue weighted by molar-refractivity contribution is 6.04. The van der Waals surface area contributed by atoms with E-state index in [4.69, 9.17) is 14.6 Å². The Bertz CT molecular complexity index is 970. The van der Waals surface area contributed by atoms with E-state index in [1.165, 1.54) is 36.4 Å². The Morgan fingerprint density at radius 1 is 0.759 bits per heavy atom. The summed E-state index contributed by atoms with van der Waals surface area (Å²) in [6, 6.07) is 18.2. The second kappa shape index (κ2) is 9.36. The van der Waals surface area contributed by atoms with Crippen LogP contribution in [0.4, 0.5) is 10.1 Å². The van der Waals surface area contributed by atoms with Crippen LogP contribution in [0.15, 0.2) is 72.8 Å². The van der Waals surface area contributed by atoms with Crippen molar-refractivity contribution >= 4 is 17.6 Å². The summed E-state index contributed by atoms with van der Waals surface area (Å²) < 4.78 is 24.0. The molecule has 0 spiro atoms. The summed E-state index contributed by atoms with van der Waals surface area (Å²) in [5, 5.41) is 11.5. The Labute approximate surface area is 166 Å². The first-order valence-corrected chi connectivity index (χ1v) is 8.77. The maximum absolute atomic E-state index is 12.9. The number of carbonyl (C=O) groups is 2. The third kappa shape index (κ3) is 5.80. The van der Waals surface area contributed by atoms with E-state index >= 15 is 0 Å². The molecule has 0 radical (unpaired) electrons. The van der Waals surface area contributed by atoms with Crippen LogP contribution in [0.3, 0.4) is 0 Å². The van der Waals surface area contributed by atoms with Gasteiger partial charge in [0.15, 0.2) is 0 Å². The van der Waals surface area contributed by atoms with E-state index in [9.17, 15) is 14.0 Å². The summed E-state index contributed by atoms with van der Waals surface area (Å²) in [6.45, 7) is 0.557. The number of hydrogen-bond donors (Lipinski definition) is 2. The highest BCUT2D eigenvalue weighted by Crippen LogP contribution is 2.16. The van der Waals surface area contributed by atoms with E-state index in [0.29, 0.717) is 22.7 Å². The first kappa shape index (κ1) is 19.9. The van der Waals surface area contributed by atoms with E-state index < -0.39 is 5.97 Å². The predicted molar refractivity (Wildman–Crippen MR) is 105 cm³/mol. The minimum Gasteiger partial charge on any atom is -0.490 e. The molecule has 0 unspecified atom stereocenters. The Balaban J connectivity index is 1.44. The molecule has 0 atom stereocenters. The van der Waals surface area contributed by atoms with Crippen LogP contribution in [-0.4, -0.2) is 30.2 Å². The second-order valence-electron chi connectivity index (χ2n) is 6.01. The molecule has 3 rings (SSSR count). The molecule has 0 bridgehead atoms. The van der Waals surface area contributed by atoms with Crippen LogP contribution in [-0.2, 0) is 0 Å². The molecule has 7 heteroatoms. The number of rotatable bonds is 8. The summed E-state index contributed by atoms with van der Waals surface area (Å²) in [7, 11) is 0. The Kier molecular flexibility index (Phi) is 6.42. The topological polar surface area (TPSA) is 84.9 Å². The number of anilines is 1. The average molecular weight is 395 g/mol. The van der Waals surface area contributed by atoms with Crippen molar-refractivity contribution in [3.05, 3.63) is 89.7 Å². The second-order valence-corrected chi connectivity index (χ2v) is 6.01. The normalized spacial score (nSPS) is 10.2. The zero-order chi connectivity index (χ0) is 20.6. The van der Waals surface area contributed by atoms with Gasteiger partial charge in [0, 0.05) is 11.3 Å². The quantitative estimate of drug-likeness (QED) is 0.558. The van der Waals surface area contributed by atoms with Crippen molar-refractivity contribution in [2.75, 3.05) is 18.5 Å². The lowest BCUT2D eigenvalue weighted by molar-refractivity contribution is 0.0696. The van der Waals surface area contributed by atoms with Crippen LogP contribution in [0, 0.1) is 5.82 Å². The van der Waals surface area contributed by atoms with Crippen molar-refractivity contribution in [2.45, 2.75) is 0 Å². The summed E-state index contributed by atoms with van der Waals surface area (Å²) in [4.78, 5) is 23.0. The molecule has 1 amide bonds. The fraction of sp³-hybridized carbons (Fsp3) is 0.0909. The van der Waals surface area contributed by atoms with Gasteiger partial charge in [-0.2, -0.15) is 0 Å². The minimum absolute atomic E-state index is 0.192. The van der Waals surface area contributed by atoms with E-state index in [1.807, 2.05) is 0 Å². The molecule has 0 aliphatic rings. The molecular formula is C22H18FNO5. The molecule has 0 aliphatic carbocycles. The number of halogens is 1. The number of aromatic carboxylic acids is 1. The lowest BCUT2D eigenvalue weighted by Gasteiger charge is -2.09. The number of nitrogens with one attached hydrogen (secondary N) is 1. The average Bonchev–Trinajstić information content (AvgIpc) is 2.73. The Hall–Kier alpha value is -3.87. The third-order valence-electron chi connectivity index (χ3n) is 3.94. The van der Waals surface area contributed by atoms with Gasteiger partial charge < -0.3 is 19.9 Å². The molecule has 6 nitrogen and oxygen atoms in total. The highest BCUT2D eigenvalue weighted by Gasteiger charge is 2.07. The molecule has 0 aromatic heterocycles. The monoisotopic (exact) mass is 395 g/mol. The lowest BCUT2D eigenvalue weighted by Crippen LogP contribution is -2.12. The van der Waals surface area contributed by atoms with Gasteiger partial charge in [-0.1, -0.05) is 0 Å². The molecular weight excluding hydrogens is 377 g/mol. The van der Waals surface area contributed by atoms with Crippen LogP contribution in [0.5, 0.6) is 11.5 Å². The smallest absolute Gasteiger partial charge is 0.335 e. The number of benzene rings is 3. The standard InChI is InChI=1S/C22H18FNO5/c23-17-5-7-18(8-6-17)24-21(25)15-1-9-19(10-2-15)28-13-14-29-20-11-3-16(4-12-20)22(26)27/h1-12H,13-14H2,(H,24,25)(H,26,27). The fourth-order valence-corrected chi connectivity index (χ4v) is 2.45. The molecule has 3 aromatic carbocycles. The number of ether oxygens (including phenoxy) is 2. The van der Waals surface area contributed by atoms with Crippen molar-refractivity contribution in [3.8, 4) is 11.5 Å². The lowest BCUT2D eigenvalue weighted by atomic mass is 10.2. The molecule has 0 saturated carbocycles. The van der Waals surface area contributed by atoms with Gasteiger partial charge in [-0.25, -0.2) is 9.18 Å². The van der Waals surface area contributed by atoms with E-state index in [-0.39, 0.29) is 30.5 Å². The van der Waals surface area contributed by atoms with Crippen molar-refractivity contribution in [1.29, 1.82) is 0 Å². The van der Waals surface area contributed by atoms with Gasteiger partial charge >= 0.3 is 5.97 Å². The minimum atomic E-state index is -0.991. The summed E-state index contributed by atoms with van der Waals surface area (Å²) in [5.41, 5.74) is 1.14. The predicted octanol–water partition coefficient (Wildman–Crippen LogP) is 4.23. The summed E-state index contributed by atoms with van der Waals surface area (Å²) >= 11 is 0. The summed E-state index contributed by atoms with van der Waals surface area (Å²) in [5.74, 6) is -0.545. The molecule has 0 saturated heterocycles. The summed E-state index contributed by atoms with van der Waals surface area (Å²) in [6.07, 6.45) is 0. The molecule has 0 heterocycles. The van der Waals surface area contributed by atoms with Gasteiger partial charge in [0.05, 0.1) is 5.56 Å². The van der Waals surface area contributed by atoms with Crippen molar-refractivity contribution in [2.24, 2.45) is 0 Å². The van der Waals surface area contributed by atoms with E-state index in [0.717, 1.165) is 0 Å². The largest absolute Gasteiger partial charge is 0.490 e. The van der Waals surface area contributed by atoms with Crippen LogP contribution in [0.1, 0.15) is 20.7 Å². The van der Waals surface area contributed by atoms with Crippen LogP contribution >= 0.6 is 0 Å². The van der Waals surface area contributed by atoms with Gasteiger partial charge in [-0.05, 0) is 72.8 Å². The number of carboxylic acid groups (broad SMARTS) is 1. The Morgan fingerprint density at radius 3 is 1.72 bits per heavy atom. The SMILES string of the molecule is O=C(O)c1ccc(OCCOc2ccc(C(=O)Nc3ccc(F)cc3)cc2)cc1. The molecule has 0 aliphatic heterocycles. The number of carbonyl (C=O) groups excluding carboxylic acids is 1. The van der Waals surface area contributed by atoms with E-state index in [2.05, 4.69) is 5.32 Å². The zero-order valence-electron chi connectivity index (χ0n) is 15.3. The van der Waals surface area contributed by atoms with E-state index in [1.54, 1.807) is 36.4 Å². The fourth-order valence-electron chi connectivity index (χ4n) is 2.45. The Morgan fingerprint density at radius 2 is 1.24 bits per heavy atom. The van der Waals surface area contributed by atoms with Gasteiger partial charge in [-0.3, -0.25) is 4.79 Å².